The van der Waals surface area contributed by atoms with Crippen LogP contribution in [-0.4, -0.2) is 48.5 Å². The van der Waals surface area contributed by atoms with E-state index in [1.165, 1.54) is 21.1 Å². The minimum absolute atomic E-state index is 0.120. The van der Waals surface area contributed by atoms with E-state index in [1.807, 2.05) is 61.5 Å². The lowest BCUT2D eigenvalue weighted by atomic mass is 9.95. The number of amides is 1. The Labute approximate surface area is 216 Å². The van der Waals surface area contributed by atoms with Crippen LogP contribution in [0.1, 0.15) is 39.5 Å². The Hall–Kier alpha value is -4.14. The van der Waals surface area contributed by atoms with E-state index in [1.54, 1.807) is 12.1 Å². The van der Waals surface area contributed by atoms with Gasteiger partial charge in [-0.1, -0.05) is 42.5 Å². The lowest BCUT2D eigenvalue weighted by Gasteiger charge is -2.25. The van der Waals surface area contributed by atoms with E-state index in [9.17, 15) is 19.8 Å². The predicted octanol–water partition coefficient (Wildman–Crippen LogP) is 3.87. The Morgan fingerprint density at radius 3 is 2.16 bits per heavy atom. The van der Waals surface area contributed by atoms with Crippen LogP contribution in [0.5, 0.6) is 11.5 Å². The second kappa shape index (κ2) is 11.7. The van der Waals surface area contributed by atoms with E-state index in [-0.39, 0.29) is 6.54 Å². The highest BCUT2D eigenvalue weighted by Gasteiger charge is 2.32. The third kappa shape index (κ3) is 6.17. The fourth-order valence-electron chi connectivity index (χ4n) is 3.90. The molecule has 0 aliphatic heterocycles. The standard InChI is InChI=1S/C29H32N2O6/c1-18-20(6-5-7-23(18)21-10-12-22(13-11-21)27(30)33)9-8-19-14-25(36-3)24(26(15-19)37-4)16-31-29(2,17-32)28(34)35/h5-15,31-32H,16-17H2,1-4H3,(H2,30,33)(H,34,35)/b9-8+. The monoisotopic (exact) mass is 504 g/mol. The number of carboxylic acid groups (broad SMARTS) is 1. The number of nitrogens with one attached hydrogen (secondary N) is 1. The molecule has 0 saturated heterocycles. The largest absolute Gasteiger partial charge is 0.496 e. The van der Waals surface area contributed by atoms with Gasteiger partial charge < -0.3 is 25.4 Å². The molecule has 1 unspecified atom stereocenters. The van der Waals surface area contributed by atoms with Gasteiger partial charge in [-0.25, -0.2) is 0 Å². The van der Waals surface area contributed by atoms with Gasteiger partial charge in [-0.15, -0.1) is 0 Å². The molecule has 0 radical (unpaired) electrons. The van der Waals surface area contributed by atoms with Crippen molar-refractivity contribution in [2.24, 2.45) is 5.73 Å². The van der Waals surface area contributed by atoms with Gasteiger partial charge in [0, 0.05) is 17.7 Å². The predicted molar refractivity (Wildman–Crippen MR) is 144 cm³/mol. The molecule has 1 amide bonds. The molecule has 0 saturated carbocycles. The Kier molecular flexibility index (Phi) is 8.70. The van der Waals surface area contributed by atoms with Gasteiger partial charge in [0.15, 0.2) is 0 Å². The molecule has 194 valence electrons. The third-order valence-electron chi connectivity index (χ3n) is 6.39. The van der Waals surface area contributed by atoms with Crippen LogP contribution in [0, 0.1) is 6.92 Å². The molecular formula is C29H32N2O6. The van der Waals surface area contributed by atoms with E-state index in [0.717, 1.165) is 27.8 Å². The molecule has 3 aromatic carbocycles. The van der Waals surface area contributed by atoms with Crippen LogP contribution in [0.15, 0.2) is 54.6 Å². The van der Waals surface area contributed by atoms with Gasteiger partial charge in [-0.2, -0.15) is 0 Å². The summed E-state index contributed by atoms with van der Waals surface area (Å²) in [5.74, 6) is -0.569. The maximum Gasteiger partial charge on any atom is 0.326 e. The molecule has 0 spiro atoms. The average Bonchev–Trinajstić information content (AvgIpc) is 2.90. The molecule has 37 heavy (non-hydrogen) atoms. The molecule has 3 rings (SSSR count). The van der Waals surface area contributed by atoms with Gasteiger partial charge >= 0.3 is 5.97 Å². The number of methoxy groups -OCH3 is 2. The molecule has 0 aliphatic rings. The van der Waals surface area contributed by atoms with Gasteiger partial charge in [-0.05, 0) is 65.9 Å². The summed E-state index contributed by atoms with van der Waals surface area (Å²) in [6, 6.07) is 16.9. The molecule has 8 heteroatoms. The Balaban J connectivity index is 1.91. The number of aliphatic hydroxyl groups is 1. The van der Waals surface area contributed by atoms with Crippen molar-refractivity contribution in [3.8, 4) is 22.6 Å². The molecule has 0 aromatic heterocycles. The quantitative estimate of drug-likeness (QED) is 0.292. The molecule has 8 nitrogen and oxygen atoms in total. The van der Waals surface area contributed by atoms with Crippen LogP contribution in [0.25, 0.3) is 23.3 Å². The number of hydrogen-bond donors (Lipinski definition) is 4. The van der Waals surface area contributed by atoms with Gasteiger partial charge in [0.2, 0.25) is 5.91 Å². The zero-order valence-corrected chi connectivity index (χ0v) is 21.4. The molecule has 0 bridgehead atoms. The number of aliphatic hydroxyl groups excluding tert-OH is 1. The third-order valence-corrected chi connectivity index (χ3v) is 6.39. The minimum Gasteiger partial charge on any atom is -0.496 e. The smallest absolute Gasteiger partial charge is 0.326 e. The van der Waals surface area contributed by atoms with E-state index >= 15 is 0 Å². The molecule has 3 aromatic rings. The van der Waals surface area contributed by atoms with E-state index in [2.05, 4.69) is 5.32 Å². The van der Waals surface area contributed by atoms with Crippen molar-refractivity contribution >= 4 is 24.0 Å². The minimum atomic E-state index is -1.50. The number of benzene rings is 3. The molecule has 0 heterocycles. The average molecular weight is 505 g/mol. The molecule has 1 atom stereocenters. The maximum atomic E-state index is 11.5. The van der Waals surface area contributed by atoms with Crippen molar-refractivity contribution in [3.63, 3.8) is 0 Å². The normalized spacial score (nSPS) is 12.8. The summed E-state index contributed by atoms with van der Waals surface area (Å²) in [7, 11) is 3.07. The molecule has 0 fully saturated rings. The Morgan fingerprint density at radius 2 is 1.65 bits per heavy atom. The summed E-state index contributed by atoms with van der Waals surface area (Å²) < 4.78 is 11.1. The van der Waals surface area contributed by atoms with Gasteiger partial charge in [-0.3, -0.25) is 14.9 Å². The zero-order valence-electron chi connectivity index (χ0n) is 21.4. The summed E-state index contributed by atoms with van der Waals surface area (Å²) >= 11 is 0. The summed E-state index contributed by atoms with van der Waals surface area (Å²) in [5, 5.41) is 21.8. The highest BCUT2D eigenvalue weighted by molar-refractivity contribution is 5.93. The maximum absolute atomic E-state index is 11.5. The van der Waals surface area contributed by atoms with Crippen molar-refractivity contribution in [3.05, 3.63) is 82.4 Å². The number of carbonyl (C=O) groups is 2. The number of nitrogens with two attached hydrogens (primary N) is 1. The van der Waals surface area contributed by atoms with Crippen molar-refractivity contribution in [1.29, 1.82) is 0 Å². The lowest BCUT2D eigenvalue weighted by molar-refractivity contribution is -0.145. The summed E-state index contributed by atoms with van der Waals surface area (Å²) in [5.41, 5.74) is 9.89. The van der Waals surface area contributed by atoms with Gasteiger partial charge in [0.05, 0.1) is 20.8 Å². The first-order chi connectivity index (χ1) is 17.6. The highest BCUT2D eigenvalue weighted by Crippen LogP contribution is 2.33. The first-order valence-electron chi connectivity index (χ1n) is 11.7. The number of primary amides is 1. The van der Waals surface area contributed by atoms with Crippen LogP contribution < -0.4 is 20.5 Å². The summed E-state index contributed by atoms with van der Waals surface area (Å²) in [4.78, 5) is 22.9. The number of ether oxygens (including phenoxy) is 2. The van der Waals surface area contributed by atoms with Crippen molar-refractivity contribution in [2.45, 2.75) is 25.9 Å². The van der Waals surface area contributed by atoms with Crippen LogP contribution in [0.3, 0.4) is 0 Å². The van der Waals surface area contributed by atoms with Crippen molar-refractivity contribution in [1.82, 2.24) is 5.32 Å². The fraction of sp³-hybridized carbons (Fsp3) is 0.241. The second-order valence-corrected chi connectivity index (χ2v) is 8.85. The van der Waals surface area contributed by atoms with Crippen molar-refractivity contribution < 1.29 is 29.3 Å². The highest BCUT2D eigenvalue weighted by atomic mass is 16.5. The first kappa shape index (κ1) is 27.4. The number of aliphatic carboxylic acids is 1. The van der Waals surface area contributed by atoms with Gasteiger partial charge in [0.25, 0.3) is 0 Å². The SMILES string of the molecule is COc1cc(/C=C/c2cccc(-c3ccc(C(N)=O)cc3)c2C)cc(OC)c1CNC(C)(CO)C(=O)O. The molecule has 5 N–H and O–H groups in total. The number of carbonyl (C=O) groups excluding carboxylic acids is 1. The zero-order chi connectivity index (χ0) is 27.2. The van der Waals surface area contributed by atoms with Crippen LogP contribution in [0.2, 0.25) is 0 Å². The summed E-state index contributed by atoms with van der Waals surface area (Å²) in [6.45, 7) is 3.00. The lowest BCUT2D eigenvalue weighted by Crippen LogP contribution is -2.52. The van der Waals surface area contributed by atoms with Crippen LogP contribution in [-0.2, 0) is 11.3 Å². The molecule has 0 aliphatic carbocycles. The Bertz CT molecular complexity index is 1290. The van der Waals surface area contributed by atoms with Crippen LogP contribution in [0.4, 0.5) is 0 Å². The number of rotatable bonds is 11. The number of hydrogen-bond acceptors (Lipinski definition) is 6. The fourth-order valence-corrected chi connectivity index (χ4v) is 3.90. The van der Waals surface area contributed by atoms with E-state index < -0.39 is 24.0 Å². The van der Waals surface area contributed by atoms with Crippen molar-refractivity contribution in [2.75, 3.05) is 20.8 Å². The molecular weight excluding hydrogens is 472 g/mol. The topological polar surface area (TPSA) is 131 Å². The summed E-state index contributed by atoms with van der Waals surface area (Å²) in [6.07, 6.45) is 3.94. The first-order valence-corrected chi connectivity index (χ1v) is 11.7. The number of carboxylic acids is 1. The Morgan fingerprint density at radius 1 is 1.03 bits per heavy atom. The van der Waals surface area contributed by atoms with E-state index in [0.29, 0.717) is 22.6 Å². The second-order valence-electron chi connectivity index (χ2n) is 8.85. The van der Waals surface area contributed by atoms with Crippen LogP contribution >= 0.6 is 0 Å². The van der Waals surface area contributed by atoms with Gasteiger partial charge in [0.1, 0.15) is 17.0 Å². The van der Waals surface area contributed by atoms with E-state index in [4.69, 9.17) is 15.2 Å².